The van der Waals surface area contributed by atoms with Gasteiger partial charge in [-0.1, -0.05) is 18.2 Å². The second-order valence-corrected chi connectivity index (χ2v) is 9.09. The lowest BCUT2D eigenvalue weighted by molar-refractivity contribution is 0.0200. The average Bonchev–Trinajstić information content (AvgIpc) is 2.72. The van der Waals surface area contributed by atoms with Gasteiger partial charge in [0.05, 0.1) is 18.4 Å². The van der Waals surface area contributed by atoms with Crippen molar-refractivity contribution < 1.29 is 17.9 Å². The Labute approximate surface area is 197 Å². The van der Waals surface area contributed by atoms with Crippen molar-refractivity contribution >= 4 is 40.0 Å². The Morgan fingerprint density at radius 2 is 2.10 bits per heavy atom. The lowest BCUT2D eigenvalue weighted by Gasteiger charge is -2.23. The molecule has 1 aliphatic heterocycles. The molecule has 1 saturated heterocycles. The molecular formula is C20H35IN4O4S. The van der Waals surface area contributed by atoms with Gasteiger partial charge in [0.1, 0.15) is 12.4 Å². The molecule has 1 unspecified atom stereocenters. The van der Waals surface area contributed by atoms with E-state index in [1.807, 2.05) is 43.1 Å². The third-order valence-corrected chi connectivity index (χ3v) is 6.16. The number of nitrogens with one attached hydrogen (secondary N) is 2. The van der Waals surface area contributed by atoms with Crippen molar-refractivity contribution in [1.29, 1.82) is 0 Å². The number of halogens is 1. The molecule has 0 aliphatic carbocycles. The molecule has 0 amide bonds. The number of likely N-dealkylation sites (N-methyl/N-ethyl adjacent to an activating group) is 1. The summed E-state index contributed by atoms with van der Waals surface area (Å²) in [6.07, 6.45) is 3.03. The van der Waals surface area contributed by atoms with Gasteiger partial charge in [-0.15, -0.1) is 24.0 Å². The Kier molecular flexibility index (Phi) is 12.6. The average molecular weight is 554 g/mol. The standard InChI is InChI=1S/C20H34N4O4S.HI/c1-17-8-4-5-10-19(17)28-14-12-24(3)20(21-2)22-11-15-29(25,26)23-16-18-9-6-7-13-27-18;/h4-5,8,10,18,23H,6-7,9,11-16H2,1-3H3,(H,21,22);1H. The van der Waals surface area contributed by atoms with Crippen molar-refractivity contribution in [1.82, 2.24) is 14.9 Å². The summed E-state index contributed by atoms with van der Waals surface area (Å²) < 4.78 is 38.4. The van der Waals surface area contributed by atoms with Crippen LogP contribution in [0.25, 0.3) is 0 Å². The van der Waals surface area contributed by atoms with Crippen LogP contribution >= 0.6 is 24.0 Å². The van der Waals surface area contributed by atoms with Crippen molar-refractivity contribution in [2.24, 2.45) is 4.99 Å². The van der Waals surface area contributed by atoms with E-state index in [1.54, 1.807) is 7.05 Å². The van der Waals surface area contributed by atoms with E-state index in [4.69, 9.17) is 9.47 Å². The van der Waals surface area contributed by atoms with Crippen LogP contribution in [0, 0.1) is 6.92 Å². The summed E-state index contributed by atoms with van der Waals surface area (Å²) in [5, 5.41) is 3.09. The predicted molar refractivity (Wildman–Crippen MR) is 131 cm³/mol. The highest BCUT2D eigenvalue weighted by atomic mass is 127. The van der Waals surface area contributed by atoms with Crippen LogP contribution in [0.4, 0.5) is 0 Å². The Hall–Kier alpha value is -1.11. The molecule has 2 rings (SSSR count). The number of hydrogen-bond donors (Lipinski definition) is 2. The highest BCUT2D eigenvalue weighted by Gasteiger charge is 2.18. The first-order valence-corrected chi connectivity index (χ1v) is 11.8. The molecule has 0 bridgehead atoms. The SMILES string of the molecule is CN=C(NCCS(=O)(=O)NCC1CCCCO1)N(C)CCOc1ccccc1C.I. The number of aryl methyl sites for hydroxylation is 1. The molecule has 1 aliphatic rings. The van der Waals surface area contributed by atoms with E-state index < -0.39 is 10.0 Å². The summed E-state index contributed by atoms with van der Waals surface area (Å²) in [6, 6.07) is 7.87. The molecule has 1 atom stereocenters. The van der Waals surface area contributed by atoms with Crippen LogP contribution in [0.15, 0.2) is 29.3 Å². The van der Waals surface area contributed by atoms with E-state index in [2.05, 4.69) is 15.0 Å². The van der Waals surface area contributed by atoms with Gasteiger partial charge in [0.2, 0.25) is 10.0 Å². The first-order chi connectivity index (χ1) is 13.9. The number of guanidine groups is 1. The van der Waals surface area contributed by atoms with Gasteiger partial charge in [0.25, 0.3) is 0 Å². The number of hydrogen-bond acceptors (Lipinski definition) is 5. The summed E-state index contributed by atoms with van der Waals surface area (Å²) in [5.41, 5.74) is 1.09. The second kappa shape index (κ2) is 14.0. The highest BCUT2D eigenvalue weighted by molar-refractivity contribution is 14.0. The zero-order chi connectivity index (χ0) is 21.1. The van der Waals surface area contributed by atoms with Crippen molar-refractivity contribution in [3.63, 3.8) is 0 Å². The quantitative estimate of drug-likeness (QED) is 0.261. The zero-order valence-electron chi connectivity index (χ0n) is 18.1. The smallest absolute Gasteiger partial charge is 0.213 e. The van der Waals surface area contributed by atoms with Gasteiger partial charge < -0.3 is 19.7 Å². The molecule has 10 heteroatoms. The maximum absolute atomic E-state index is 12.2. The topological polar surface area (TPSA) is 92.3 Å². The molecule has 0 aromatic heterocycles. The van der Waals surface area contributed by atoms with Crippen molar-refractivity contribution in [3.05, 3.63) is 29.8 Å². The summed E-state index contributed by atoms with van der Waals surface area (Å²) >= 11 is 0. The number of rotatable bonds is 10. The zero-order valence-corrected chi connectivity index (χ0v) is 21.2. The molecule has 0 spiro atoms. The Morgan fingerprint density at radius 1 is 1.33 bits per heavy atom. The van der Waals surface area contributed by atoms with Crippen molar-refractivity contribution in [2.45, 2.75) is 32.3 Å². The van der Waals surface area contributed by atoms with Crippen LogP contribution in [-0.4, -0.2) is 78.1 Å². The molecule has 30 heavy (non-hydrogen) atoms. The van der Waals surface area contributed by atoms with Crippen LogP contribution in [0.5, 0.6) is 5.75 Å². The monoisotopic (exact) mass is 554 g/mol. The lowest BCUT2D eigenvalue weighted by Crippen LogP contribution is -2.44. The number of nitrogens with zero attached hydrogens (tertiary/aromatic N) is 2. The van der Waals surface area contributed by atoms with Gasteiger partial charge >= 0.3 is 0 Å². The number of ether oxygens (including phenoxy) is 2. The maximum Gasteiger partial charge on any atom is 0.213 e. The molecule has 1 heterocycles. The van der Waals surface area contributed by atoms with Gasteiger partial charge in [-0.2, -0.15) is 0 Å². The van der Waals surface area contributed by atoms with Gasteiger partial charge in [-0.3, -0.25) is 4.99 Å². The van der Waals surface area contributed by atoms with Crippen LogP contribution in [0.2, 0.25) is 0 Å². The molecule has 0 radical (unpaired) electrons. The fraction of sp³-hybridized carbons (Fsp3) is 0.650. The largest absolute Gasteiger partial charge is 0.491 e. The van der Waals surface area contributed by atoms with E-state index in [0.29, 0.717) is 32.3 Å². The predicted octanol–water partition coefficient (Wildman–Crippen LogP) is 1.99. The van der Waals surface area contributed by atoms with E-state index in [-0.39, 0.29) is 42.4 Å². The van der Waals surface area contributed by atoms with Crippen LogP contribution in [0.3, 0.4) is 0 Å². The molecular weight excluding hydrogens is 519 g/mol. The Morgan fingerprint density at radius 3 is 2.77 bits per heavy atom. The van der Waals surface area contributed by atoms with E-state index in [1.165, 1.54) is 0 Å². The van der Waals surface area contributed by atoms with Gasteiger partial charge in [-0.05, 0) is 37.8 Å². The third-order valence-electron chi connectivity index (χ3n) is 4.81. The lowest BCUT2D eigenvalue weighted by atomic mass is 10.1. The van der Waals surface area contributed by atoms with Crippen LogP contribution < -0.4 is 14.8 Å². The second-order valence-electron chi connectivity index (χ2n) is 7.17. The fourth-order valence-electron chi connectivity index (χ4n) is 3.06. The molecule has 2 N–H and O–H groups in total. The summed E-state index contributed by atoms with van der Waals surface area (Å²) in [5.74, 6) is 1.47. The fourth-order valence-corrected chi connectivity index (χ4v) is 4.01. The van der Waals surface area contributed by atoms with Crippen molar-refractivity contribution in [3.8, 4) is 5.75 Å². The summed E-state index contributed by atoms with van der Waals surface area (Å²) in [7, 11) is 0.208. The van der Waals surface area contributed by atoms with Crippen LogP contribution in [-0.2, 0) is 14.8 Å². The molecule has 1 aromatic rings. The number of benzene rings is 1. The molecule has 8 nitrogen and oxygen atoms in total. The number of sulfonamides is 1. The summed E-state index contributed by atoms with van der Waals surface area (Å²) in [6.45, 7) is 4.46. The minimum atomic E-state index is -3.36. The van der Waals surface area contributed by atoms with Gasteiger partial charge in [0.15, 0.2) is 5.96 Å². The normalized spacial score (nSPS) is 17.2. The van der Waals surface area contributed by atoms with E-state index in [9.17, 15) is 8.42 Å². The minimum Gasteiger partial charge on any atom is -0.491 e. The molecule has 1 fully saturated rings. The van der Waals surface area contributed by atoms with Crippen LogP contribution in [0.1, 0.15) is 24.8 Å². The van der Waals surface area contributed by atoms with E-state index in [0.717, 1.165) is 30.6 Å². The van der Waals surface area contributed by atoms with Gasteiger partial charge in [0, 0.05) is 33.8 Å². The molecule has 172 valence electrons. The minimum absolute atomic E-state index is 0. The number of aliphatic imine (C=N–C) groups is 1. The van der Waals surface area contributed by atoms with E-state index >= 15 is 0 Å². The van der Waals surface area contributed by atoms with Gasteiger partial charge in [-0.25, -0.2) is 13.1 Å². The highest BCUT2D eigenvalue weighted by Crippen LogP contribution is 2.15. The van der Waals surface area contributed by atoms with Crippen molar-refractivity contribution in [2.75, 3.05) is 52.7 Å². The molecule has 0 saturated carbocycles. The first-order valence-electron chi connectivity index (χ1n) is 10.1. The Bertz CT molecular complexity index is 755. The third kappa shape index (κ3) is 9.80. The molecule has 1 aromatic carbocycles. The summed E-state index contributed by atoms with van der Waals surface area (Å²) in [4.78, 5) is 6.12. The Balaban J connectivity index is 0.00000450. The first kappa shape index (κ1) is 26.9. The maximum atomic E-state index is 12.2. The number of para-hydroxylation sites is 1.